The smallest absolute Gasteiger partial charge is 0.253 e. The number of nitrogens with zero attached hydrogens (tertiary/aromatic N) is 5. The molecule has 0 aliphatic carbocycles. The van der Waals surface area contributed by atoms with Crippen LogP contribution in [0.2, 0.25) is 0 Å². The fraction of sp³-hybridized carbons (Fsp3) is 0.333. The summed E-state index contributed by atoms with van der Waals surface area (Å²) in [5.41, 5.74) is 3.58. The van der Waals surface area contributed by atoms with Crippen molar-refractivity contribution in [3.8, 4) is 0 Å². The van der Waals surface area contributed by atoms with Crippen LogP contribution in [0, 0.1) is 6.92 Å². The molecule has 1 atom stereocenters. The van der Waals surface area contributed by atoms with Crippen LogP contribution in [0.25, 0.3) is 10.9 Å². The van der Waals surface area contributed by atoms with E-state index in [-0.39, 0.29) is 5.56 Å². The molecule has 4 rings (SSSR count). The van der Waals surface area contributed by atoms with Gasteiger partial charge in [-0.25, -0.2) is 4.68 Å². The van der Waals surface area contributed by atoms with Crippen LogP contribution < -0.4 is 5.56 Å². The molecule has 0 saturated carbocycles. The van der Waals surface area contributed by atoms with Crippen molar-refractivity contribution in [3.63, 3.8) is 0 Å². The summed E-state index contributed by atoms with van der Waals surface area (Å²) in [6.07, 6.45) is 0. The Balaban J connectivity index is 1.86. The summed E-state index contributed by atoms with van der Waals surface area (Å²) in [6, 6.07) is 17.8. The van der Waals surface area contributed by atoms with E-state index in [1.165, 1.54) is 0 Å². The van der Waals surface area contributed by atoms with Gasteiger partial charge in [-0.05, 0) is 53.0 Å². The van der Waals surface area contributed by atoms with Crippen molar-refractivity contribution >= 4 is 10.9 Å². The highest BCUT2D eigenvalue weighted by molar-refractivity contribution is 5.79. The number of pyridine rings is 1. The monoisotopic (exact) mass is 432 g/mol. The molecule has 8 heteroatoms. The fourth-order valence-corrected chi connectivity index (χ4v) is 3.99. The van der Waals surface area contributed by atoms with E-state index >= 15 is 0 Å². The van der Waals surface area contributed by atoms with Crippen LogP contribution in [0.15, 0.2) is 59.4 Å². The second kappa shape index (κ2) is 9.84. The highest BCUT2D eigenvalue weighted by atomic mass is 16.5. The van der Waals surface area contributed by atoms with Crippen LogP contribution in [-0.4, -0.2) is 50.4 Å². The first-order valence-electron chi connectivity index (χ1n) is 10.8. The van der Waals surface area contributed by atoms with Crippen molar-refractivity contribution in [3.05, 3.63) is 87.5 Å². The molecule has 0 radical (unpaired) electrons. The summed E-state index contributed by atoms with van der Waals surface area (Å²) in [5, 5.41) is 13.4. The first-order valence-corrected chi connectivity index (χ1v) is 10.8. The van der Waals surface area contributed by atoms with E-state index < -0.39 is 6.04 Å². The largest absolute Gasteiger partial charge is 0.383 e. The number of aromatic nitrogens is 5. The average Bonchev–Trinajstić information content (AvgIpc) is 3.26. The van der Waals surface area contributed by atoms with Crippen LogP contribution in [0.5, 0.6) is 0 Å². The number of tetrazole rings is 1. The lowest BCUT2D eigenvalue weighted by atomic mass is 10.0. The van der Waals surface area contributed by atoms with Gasteiger partial charge < -0.3 is 9.72 Å². The molecular weight excluding hydrogens is 404 g/mol. The van der Waals surface area contributed by atoms with Crippen molar-refractivity contribution in [2.75, 3.05) is 20.3 Å². The van der Waals surface area contributed by atoms with E-state index in [0.29, 0.717) is 37.6 Å². The van der Waals surface area contributed by atoms with E-state index in [1.807, 2.05) is 43.3 Å². The van der Waals surface area contributed by atoms with Crippen molar-refractivity contribution < 1.29 is 4.74 Å². The van der Waals surface area contributed by atoms with Crippen molar-refractivity contribution in [2.45, 2.75) is 33.0 Å². The molecule has 4 aromatic rings. The number of aromatic amines is 1. The SMILES string of the molecule is CCN(Cc1ccccc1)[C@H](c1cc2cc(C)ccc2[nH]c1=O)c1nnnn1CCOC. The predicted molar refractivity (Wildman–Crippen MR) is 123 cm³/mol. The number of methoxy groups -OCH3 is 1. The Morgan fingerprint density at radius 1 is 1.16 bits per heavy atom. The summed E-state index contributed by atoms with van der Waals surface area (Å²) >= 11 is 0. The van der Waals surface area contributed by atoms with Gasteiger partial charge in [0.2, 0.25) is 0 Å². The highest BCUT2D eigenvalue weighted by Crippen LogP contribution is 2.28. The van der Waals surface area contributed by atoms with Crippen LogP contribution in [-0.2, 0) is 17.8 Å². The van der Waals surface area contributed by atoms with Gasteiger partial charge in [0.05, 0.1) is 13.2 Å². The zero-order valence-corrected chi connectivity index (χ0v) is 18.7. The quantitative estimate of drug-likeness (QED) is 0.437. The number of hydrogen-bond acceptors (Lipinski definition) is 6. The van der Waals surface area contributed by atoms with Gasteiger partial charge in [0.25, 0.3) is 5.56 Å². The van der Waals surface area contributed by atoms with Crippen molar-refractivity contribution in [2.24, 2.45) is 0 Å². The molecule has 2 aromatic heterocycles. The minimum atomic E-state index is -0.416. The van der Waals surface area contributed by atoms with Gasteiger partial charge in [0.15, 0.2) is 5.82 Å². The van der Waals surface area contributed by atoms with Crippen LogP contribution in [0.4, 0.5) is 0 Å². The number of rotatable bonds is 9. The molecule has 2 aromatic carbocycles. The minimum absolute atomic E-state index is 0.140. The molecule has 0 saturated heterocycles. The second-order valence-corrected chi connectivity index (χ2v) is 7.85. The van der Waals surface area contributed by atoms with Crippen LogP contribution in [0.3, 0.4) is 0 Å². The molecule has 0 fully saturated rings. The number of ether oxygens (including phenoxy) is 1. The number of nitrogens with one attached hydrogen (secondary N) is 1. The van der Waals surface area contributed by atoms with Gasteiger partial charge in [-0.15, -0.1) is 5.10 Å². The molecule has 0 unspecified atom stereocenters. The number of fused-ring (bicyclic) bond motifs is 1. The maximum atomic E-state index is 13.3. The van der Waals surface area contributed by atoms with E-state index in [1.54, 1.807) is 11.8 Å². The van der Waals surface area contributed by atoms with Crippen molar-refractivity contribution in [1.29, 1.82) is 0 Å². The molecule has 0 aliphatic heterocycles. The van der Waals surface area contributed by atoms with Gasteiger partial charge in [-0.3, -0.25) is 9.69 Å². The standard InChI is InChI=1S/C24H28N6O2/c1-4-29(16-18-8-6-5-7-9-18)22(23-26-27-28-30(23)12-13-32-3)20-15-19-14-17(2)10-11-21(19)25-24(20)31/h5-11,14-15,22H,4,12-13,16H2,1-3H3,(H,25,31)/t22-/m1/s1. The third-order valence-corrected chi connectivity index (χ3v) is 5.63. The number of aryl methyl sites for hydroxylation is 1. The molecule has 2 heterocycles. The molecule has 1 N–H and O–H groups in total. The summed E-state index contributed by atoms with van der Waals surface area (Å²) in [5.74, 6) is 0.623. The minimum Gasteiger partial charge on any atom is -0.383 e. The van der Waals surface area contributed by atoms with E-state index in [9.17, 15) is 4.79 Å². The highest BCUT2D eigenvalue weighted by Gasteiger charge is 2.29. The fourth-order valence-electron chi connectivity index (χ4n) is 3.99. The Morgan fingerprint density at radius 2 is 1.97 bits per heavy atom. The van der Waals surface area contributed by atoms with E-state index in [2.05, 4.69) is 50.5 Å². The molecule has 0 bridgehead atoms. The topological polar surface area (TPSA) is 88.9 Å². The summed E-state index contributed by atoms with van der Waals surface area (Å²) in [7, 11) is 1.64. The Morgan fingerprint density at radius 3 is 2.72 bits per heavy atom. The van der Waals surface area contributed by atoms with Crippen LogP contribution in [0.1, 0.15) is 35.5 Å². The molecule has 0 spiro atoms. The van der Waals surface area contributed by atoms with Gasteiger partial charge in [0.1, 0.15) is 6.04 Å². The third kappa shape index (κ3) is 4.61. The molecule has 166 valence electrons. The number of hydrogen-bond donors (Lipinski definition) is 1. The maximum absolute atomic E-state index is 13.3. The first-order chi connectivity index (χ1) is 15.6. The normalized spacial score (nSPS) is 12.5. The van der Waals surface area contributed by atoms with E-state index in [4.69, 9.17) is 4.74 Å². The maximum Gasteiger partial charge on any atom is 0.253 e. The Hall–Kier alpha value is -3.36. The number of benzene rings is 2. The molecule has 0 aliphatic rings. The van der Waals surface area contributed by atoms with Gasteiger partial charge >= 0.3 is 0 Å². The molecule has 8 nitrogen and oxygen atoms in total. The molecular formula is C24H28N6O2. The van der Waals surface area contributed by atoms with Gasteiger partial charge in [-0.1, -0.05) is 48.9 Å². The van der Waals surface area contributed by atoms with Gasteiger partial charge in [0, 0.05) is 24.7 Å². The molecule has 32 heavy (non-hydrogen) atoms. The lowest BCUT2D eigenvalue weighted by molar-refractivity contribution is 0.174. The van der Waals surface area contributed by atoms with Crippen LogP contribution >= 0.6 is 0 Å². The van der Waals surface area contributed by atoms with Crippen molar-refractivity contribution in [1.82, 2.24) is 30.1 Å². The lowest BCUT2D eigenvalue weighted by Gasteiger charge is -2.30. The number of H-pyrrole nitrogens is 1. The molecule has 0 amide bonds. The lowest BCUT2D eigenvalue weighted by Crippen LogP contribution is -2.35. The zero-order valence-electron chi connectivity index (χ0n) is 18.7. The summed E-state index contributed by atoms with van der Waals surface area (Å²) in [6.45, 7) is 6.47. The zero-order chi connectivity index (χ0) is 22.5. The summed E-state index contributed by atoms with van der Waals surface area (Å²) < 4.78 is 6.96. The Bertz CT molecular complexity index is 1230. The second-order valence-electron chi connectivity index (χ2n) is 7.85. The average molecular weight is 433 g/mol. The summed E-state index contributed by atoms with van der Waals surface area (Å²) in [4.78, 5) is 18.5. The Labute approximate surface area is 186 Å². The predicted octanol–water partition coefficient (Wildman–Crippen LogP) is 3.08. The first kappa shape index (κ1) is 21.9. The van der Waals surface area contributed by atoms with E-state index in [0.717, 1.165) is 22.0 Å². The third-order valence-electron chi connectivity index (χ3n) is 5.63. The Kier molecular flexibility index (Phi) is 6.72. The van der Waals surface area contributed by atoms with Gasteiger partial charge in [-0.2, -0.15) is 0 Å².